The van der Waals surface area contributed by atoms with Gasteiger partial charge in [-0.05, 0) is 31.9 Å². The van der Waals surface area contributed by atoms with Gasteiger partial charge in [0.15, 0.2) is 11.2 Å². The molecule has 1 saturated carbocycles. The summed E-state index contributed by atoms with van der Waals surface area (Å²) in [6.07, 6.45) is 3.49. The van der Waals surface area contributed by atoms with Crippen LogP contribution >= 0.6 is 11.3 Å². The standard InChI is InChI=1S/C22H24N6O6S2/c1-3-34-18-11-23-10-16(25-18)13-4-6-14(7-5-13)24-20(29)19(27-22(30)33-2)17-12-35-21(26-17)28-36(31,32)15-8-9-15/h4-7,10-12,15,19H,3,8-9H2,1-2H3,(H,24,29)(H,26,28)(H,27,30). The number of methoxy groups -OCH3 is 1. The van der Waals surface area contributed by atoms with Crippen molar-refractivity contribution in [2.45, 2.75) is 31.1 Å². The normalized spacial score (nSPS) is 13.9. The summed E-state index contributed by atoms with van der Waals surface area (Å²) >= 11 is 1.02. The molecule has 4 rings (SSSR count). The Morgan fingerprint density at radius 2 is 1.92 bits per heavy atom. The van der Waals surface area contributed by atoms with E-state index in [9.17, 15) is 18.0 Å². The lowest BCUT2D eigenvalue weighted by Crippen LogP contribution is -2.37. The lowest BCUT2D eigenvalue weighted by atomic mass is 10.1. The molecule has 3 aromatic rings. The Kier molecular flexibility index (Phi) is 7.64. The van der Waals surface area contributed by atoms with Gasteiger partial charge in [-0.2, -0.15) is 0 Å². The van der Waals surface area contributed by atoms with Crippen LogP contribution in [0.4, 0.5) is 15.6 Å². The third-order valence-electron chi connectivity index (χ3n) is 5.07. The molecule has 1 fully saturated rings. The SMILES string of the molecule is CCOc1cncc(-c2ccc(NC(=O)C(NC(=O)OC)c3csc(NS(=O)(=O)C4CC4)n3)cc2)n1. The van der Waals surface area contributed by atoms with Gasteiger partial charge in [0, 0.05) is 16.6 Å². The van der Waals surface area contributed by atoms with Crippen molar-refractivity contribution < 1.29 is 27.5 Å². The van der Waals surface area contributed by atoms with E-state index in [-0.39, 0.29) is 10.8 Å². The van der Waals surface area contributed by atoms with Crippen LogP contribution in [-0.2, 0) is 19.6 Å². The summed E-state index contributed by atoms with van der Waals surface area (Å²) in [5.74, 6) is -0.181. The third-order valence-corrected chi connectivity index (χ3v) is 7.81. The fourth-order valence-corrected chi connectivity index (χ4v) is 5.48. The highest BCUT2D eigenvalue weighted by Crippen LogP contribution is 2.31. The van der Waals surface area contributed by atoms with Crippen LogP contribution in [0.15, 0.2) is 42.0 Å². The highest BCUT2D eigenvalue weighted by atomic mass is 32.2. The minimum Gasteiger partial charge on any atom is -0.477 e. The fourth-order valence-electron chi connectivity index (χ4n) is 3.14. The first kappa shape index (κ1) is 25.3. The molecule has 14 heteroatoms. The van der Waals surface area contributed by atoms with E-state index in [0.29, 0.717) is 36.7 Å². The maximum Gasteiger partial charge on any atom is 0.407 e. The van der Waals surface area contributed by atoms with E-state index in [1.165, 1.54) is 18.7 Å². The van der Waals surface area contributed by atoms with Crippen molar-refractivity contribution >= 4 is 44.2 Å². The van der Waals surface area contributed by atoms with E-state index < -0.39 is 33.3 Å². The zero-order valence-corrected chi connectivity index (χ0v) is 21.1. The number of ether oxygens (including phenoxy) is 2. The number of sulfonamides is 1. The maximum atomic E-state index is 13.1. The quantitative estimate of drug-likeness (QED) is 0.356. The number of rotatable bonds is 10. The number of hydrogen-bond acceptors (Lipinski definition) is 10. The van der Waals surface area contributed by atoms with Gasteiger partial charge in [-0.1, -0.05) is 12.1 Å². The van der Waals surface area contributed by atoms with Gasteiger partial charge in [-0.3, -0.25) is 14.5 Å². The number of aromatic nitrogens is 3. The molecule has 1 unspecified atom stereocenters. The molecule has 0 saturated heterocycles. The maximum absolute atomic E-state index is 13.1. The Morgan fingerprint density at radius 1 is 1.17 bits per heavy atom. The highest BCUT2D eigenvalue weighted by molar-refractivity contribution is 7.93. The molecule has 3 N–H and O–H groups in total. The molecule has 36 heavy (non-hydrogen) atoms. The number of carbonyl (C=O) groups excluding carboxylic acids is 2. The van der Waals surface area contributed by atoms with Crippen LogP contribution in [0.25, 0.3) is 11.3 Å². The minimum absolute atomic E-state index is 0.112. The fraction of sp³-hybridized carbons (Fsp3) is 0.318. The molecule has 2 heterocycles. The summed E-state index contributed by atoms with van der Waals surface area (Å²) in [6, 6.07) is 5.64. The first-order valence-electron chi connectivity index (χ1n) is 11.0. The van der Waals surface area contributed by atoms with Gasteiger partial charge in [0.1, 0.15) is 0 Å². The number of alkyl carbamates (subject to hydrolysis) is 1. The number of amides is 2. The van der Waals surface area contributed by atoms with Gasteiger partial charge < -0.3 is 20.1 Å². The van der Waals surface area contributed by atoms with Gasteiger partial charge in [-0.15, -0.1) is 11.3 Å². The summed E-state index contributed by atoms with van der Waals surface area (Å²) in [5.41, 5.74) is 1.99. The second-order valence-corrected chi connectivity index (χ2v) is 10.6. The minimum atomic E-state index is -3.51. The number of nitrogens with zero attached hydrogens (tertiary/aromatic N) is 3. The zero-order valence-electron chi connectivity index (χ0n) is 19.4. The summed E-state index contributed by atoms with van der Waals surface area (Å²) < 4.78 is 36.8. The van der Waals surface area contributed by atoms with Crippen molar-refractivity contribution in [2.75, 3.05) is 23.8 Å². The monoisotopic (exact) mass is 532 g/mol. The molecule has 1 aromatic carbocycles. The number of thiazole rings is 1. The van der Waals surface area contributed by atoms with Gasteiger partial charge in [0.05, 0.1) is 42.7 Å². The van der Waals surface area contributed by atoms with Gasteiger partial charge in [0.2, 0.25) is 15.9 Å². The summed E-state index contributed by atoms with van der Waals surface area (Å²) in [4.78, 5) is 37.7. The molecule has 12 nitrogen and oxygen atoms in total. The predicted molar refractivity (Wildman–Crippen MR) is 133 cm³/mol. The number of nitrogens with one attached hydrogen (secondary N) is 3. The van der Waals surface area contributed by atoms with Crippen LogP contribution in [0.5, 0.6) is 5.88 Å². The second kappa shape index (κ2) is 10.9. The molecule has 0 spiro atoms. The van der Waals surface area contributed by atoms with Crippen molar-refractivity contribution in [1.82, 2.24) is 20.3 Å². The second-order valence-electron chi connectivity index (χ2n) is 7.74. The number of benzene rings is 1. The summed E-state index contributed by atoms with van der Waals surface area (Å²) in [5, 5.41) is 6.34. The predicted octanol–water partition coefficient (Wildman–Crippen LogP) is 2.94. The topological polar surface area (TPSA) is 162 Å². The van der Waals surface area contributed by atoms with Crippen molar-refractivity contribution in [2.24, 2.45) is 0 Å². The molecular weight excluding hydrogens is 508 g/mol. The molecule has 0 aliphatic heterocycles. The average molecular weight is 533 g/mol. The Labute approximate surface area is 211 Å². The Bertz CT molecular complexity index is 1340. The average Bonchev–Trinajstić information content (AvgIpc) is 3.64. The number of anilines is 2. The van der Waals surface area contributed by atoms with Crippen LogP contribution in [0, 0.1) is 0 Å². The van der Waals surface area contributed by atoms with E-state index in [1.54, 1.807) is 30.5 Å². The number of carbonyl (C=O) groups is 2. The van der Waals surface area contributed by atoms with Gasteiger partial charge in [-0.25, -0.2) is 23.2 Å². The van der Waals surface area contributed by atoms with E-state index in [2.05, 4.69) is 35.0 Å². The summed E-state index contributed by atoms with van der Waals surface area (Å²) in [7, 11) is -2.34. The van der Waals surface area contributed by atoms with Gasteiger partial charge >= 0.3 is 6.09 Å². The van der Waals surface area contributed by atoms with Crippen LogP contribution in [0.1, 0.15) is 31.5 Å². The largest absolute Gasteiger partial charge is 0.477 e. The Hall–Kier alpha value is -3.78. The molecule has 1 aliphatic carbocycles. The third kappa shape index (κ3) is 6.26. The van der Waals surface area contributed by atoms with Crippen LogP contribution in [0.3, 0.4) is 0 Å². The molecule has 2 amide bonds. The van der Waals surface area contributed by atoms with Gasteiger partial charge in [0.25, 0.3) is 5.91 Å². The molecular formula is C22H24N6O6S2. The van der Waals surface area contributed by atoms with Crippen LogP contribution in [-0.4, -0.2) is 54.3 Å². The molecule has 1 atom stereocenters. The molecule has 2 aromatic heterocycles. The highest BCUT2D eigenvalue weighted by Gasteiger charge is 2.36. The first-order valence-corrected chi connectivity index (χ1v) is 13.4. The van der Waals surface area contributed by atoms with Crippen molar-refractivity contribution in [3.63, 3.8) is 0 Å². The van der Waals surface area contributed by atoms with Crippen molar-refractivity contribution in [3.05, 3.63) is 47.7 Å². The van der Waals surface area contributed by atoms with E-state index in [0.717, 1.165) is 16.9 Å². The van der Waals surface area contributed by atoms with Crippen molar-refractivity contribution in [3.8, 4) is 17.1 Å². The Balaban J connectivity index is 1.48. The molecule has 0 radical (unpaired) electrons. The van der Waals surface area contributed by atoms with E-state index >= 15 is 0 Å². The molecule has 1 aliphatic rings. The lowest BCUT2D eigenvalue weighted by molar-refractivity contribution is -0.118. The smallest absolute Gasteiger partial charge is 0.407 e. The Morgan fingerprint density at radius 3 is 2.58 bits per heavy atom. The summed E-state index contributed by atoms with van der Waals surface area (Å²) in [6.45, 7) is 2.32. The zero-order chi connectivity index (χ0) is 25.7. The van der Waals surface area contributed by atoms with Crippen LogP contribution < -0.4 is 20.1 Å². The molecule has 0 bridgehead atoms. The van der Waals surface area contributed by atoms with Crippen LogP contribution in [0.2, 0.25) is 0 Å². The van der Waals surface area contributed by atoms with E-state index in [1.807, 2.05) is 6.92 Å². The van der Waals surface area contributed by atoms with Crippen molar-refractivity contribution in [1.29, 1.82) is 0 Å². The molecule has 190 valence electrons. The van der Waals surface area contributed by atoms with E-state index in [4.69, 9.17) is 4.74 Å². The number of hydrogen-bond donors (Lipinski definition) is 3. The first-order chi connectivity index (χ1) is 17.3. The lowest BCUT2D eigenvalue weighted by Gasteiger charge is -2.16.